The van der Waals surface area contributed by atoms with Crippen LogP contribution in [0.25, 0.3) is 0 Å². The summed E-state index contributed by atoms with van der Waals surface area (Å²) in [4.78, 5) is 13.7. The van der Waals surface area contributed by atoms with Gasteiger partial charge in [-0.2, -0.15) is 0 Å². The van der Waals surface area contributed by atoms with Gasteiger partial charge in [-0.3, -0.25) is 4.79 Å². The lowest BCUT2D eigenvalue weighted by Gasteiger charge is -2.23. The van der Waals surface area contributed by atoms with E-state index in [1.165, 1.54) is 0 Å². The van der Waals surface area contributed by atoms with E-state index in [0.29, 0.717) is 10.9 Å². The summed E-state index contributed by atoms with van der Waals surface area (Å²) in [5.41, 5.74) is 1.16. The van der Waals surface area contributed by atoms with Gasteiger partial charge in [-0.25, -0.2) is 0 Å². The van der Waals surface area contributed by atoms with Gasteiger partial charge in [-0.05, 0) is 49.1 Å². The van der Waals surface area contributed by atoms with Crippen molar-refractivity contribution in [1.29, 1.82) is 0 Å². The van der Waals surface area contributed by atoms with E-state index < -0.39 is 0 Å². The van der Waals surface area contributed by atoms with Gasteiger partial charge in [0.1, 0.15) is 0 Å². The molecule has 1 N–H and O–H groups in total. The molecule has 2 aromatic carbocycles. The lowest BCUT2D eigenvalue weighted by Crippen LogP contribution is -2.35. The van der Waals surface area contributed by atoms with Gasteiger partial charge < -0.3 is 5.32 Å². The Morgan fingerprint density at radius 1 is 1.04 bits per heavy atom. The number of carbonyl (C=O) groups is 1. The number of benzene rings is 2. The first-order valence-electron chi connectivity index (χ1n) is 8.23. The highest BCUT2D eigenvalue weighted by atomic mass is 35.5. The van der Waals surface area contributed by atoms with Crippen molar-refractivity contribution < 1.29 is 4.79 Å². The highest BCUT2D eigenvalue weighted by Gasteiger charge is 2.20. The van der Waals surface area contributed by atoms with Crippen molar-refractivity contribution in [3.63, 3.8) is 0 Å². The quantitative estimate of drug-likeness (QED) is 0.638. The number of amides is 1. The molecule has 0 saturated heterocycles. The molecule has 0 spiro atoms. The standard InChI is InChI=1S/C20H24ClNOS/c1-14(2)13-19(16-7-5-4-6-8-16)22-20(23)15(3)24-18-11-9-17(21)10-12-18/h4-12,14-15,19H,13H2,1-3H3,(H,22,23)/t15-,19+/m1/s1. The molecule has 0 unspecified atom stereocenters. The van der Waals surface area contributed by atoms with E-state index in [-0.39, 0.29) is 17.2 Å². The number of hydrogen-bond donors (Lipinski definition) is 1. The summed E-state index contributed by atoms with van der Waals surface area (Å²) >= 11 is 7.45. The molecule has 0 fully saturated rings. The summed E-state index contributed by atoms with van der Waals surface area (Å²) in [6, 6.07) is 17.8. The zero-order chi connectivity index (χ0) is 17.5. The molecule has 0 bridgehead atoms. The lowest BCUT2D eigenvalue weighted by atomic mass is 9.97. The molecule has 0 aromatic heterocycles. The molecule has 0 radical (unpaired) electrons. The Labute approximate surface area is 154 Å². The second-order valence-electron chi connectivity index (χ2n) is 6.32. The van der Waals surface area contributed by atoms with Crippen molar-refractivity contribution in [2.45, 2.75) is 43.4 Å². The number of thioether (sulfide) groups is 1. The van der Waals surface area contributed by atoms with Crippen molar-refractivity contribution in [1.82, 2.24) is 5.32 Å². The SMILES string of the molecule is CC(C)C[C@H](NC(=O)[C@@H](C)Sc1ccc(Cl)cc1)c1ccccc1. The van der Waals surface area contributed by atoms with Crippen LogP contribution in [0.1, 0.15) is 38.8 Å². The summed E-state index contributed by atoms with van der Waals surface area (Å²) in [7, 11) is 0. The lowest BCUT2D eigenvalue weighted by molar-refractivity contribution is -0.121. The molecule has 128 valence electrons. The van der Waals surface area contributed by atoms with Crippen LogP contribution in [0.5, 0.6) is 0 Å². The first-order chi connectivity index (χ1) is 11.5. The molecule has 2 atom stereocenters. The number of rotatable bonds is 7. The molecule has 24 heavy (non-hydrogen) atoms. The summed E-state index contributed by atoms with van der Waals surface area (Å²) in [6.45, 7) is 6.29. The average molecular weight is 362 g/mol. The Morgan fingerprint density at radius 2 is 1.67 bits per heavy atom. The van der Waals surface area contributed by atoms with E-state index >= 15 is 0 Å². The predicted molar refractivity (Wildman–Crippen MR) is 104 cm³/mol. The smallest absolute Gasteiger partial charge is 0.233 e. The van der Waals surface area contributed by atoms with Crippen LogP contribution >= 0.6 is 23.4 Å². The molecule has 0 aliphatic rings. The fraction of sp³-hybridized carbons (Fsp3) is 0.350. The summed E-state index contributed by atoms with van der Waals surface area (Å²) in [6.07, 6.45) is 0.925. The molecular weight excluding hydrogens is 338 g/mol. The average Bonchev–Trinajstić information content (AvgIpc) is 2.56. The Balaban J connectivity index is 2.02. The fourth-order valence-electron chi connectivity index (χ4n) is 2.49. The number of halogens is 1. The highest BCUT2D eigenvalue weighted by molar-refractivity contribution is 8.00. The third-order valence-corrected chi connectivity index (χ3v) is 5.09. The van der Waals surface area contributed by atoms with Gasteiger partial charge in [0.2, 0.25) is 5.91 Å². The molecule has 1 amide bonds. The van der Waals surface area contributed by atoms with Gasteiger partial charge in [0, 0.05) is 9.92 Å². The maximum Gasteiger partial charge on any atom is 0.233 e. The molecule has 0 heterocycles. The van der Waals surface area contributed by atoms with Crippen LogP contribution in [-0.4, -0.2) is 11.2 Å². The third kappa shape index (κ3) is 5.88. The van der Waals surface area contributed by atoms with Crippen molar-refractivity contribution in [3.8, 4) is 0 Å². The van der Waals surface area contributed by atoms with E-state index in [0.717, 1.165) is 16.9 Å². The molecule has 0 aliphatic heterocycles. The minimum atomic E-state index is -0.162. The van der Waals surface area contributed by atoms with Gasteiger partial charge >= 0.3 is 0 Å². The van der Waals surface area contributed by atoms with E-state index in [2.05, 4.69) is 31.3 Å². The fourth-order valence-corrected chi connectivity index (χ4v) is 3.50. The monoisotopic (exact) mass is 361 g/mol. The van der Waals surface area contributed by atoms with Crippen LogP contribution in [0.3, 0.4) is 0 Å². The second kappa shape index (κ2) is 9.14. The number of carbonyl (C=O) groups excluding carboxylic acids is 1. The minimum Gasteiger partial charge on any atom is -0.348 e. The van der Waals surface area contributed by atoms with Crippen LogP contribution in [-0.2, 0) is 4.79 Å². The van der Waals surface area contributed by atoms with E-state index in [1.54, 1.807) is 11.8 Å². The first kappa shape index (κ1) is 18.9. The molecule has 2 rings (SSSR count). The second-order valence-corrected chi connectivity index (χ2v) is 8.17. The van der Waals surface area contributed by atoms with Crippen LogP contribution < -0.4 is 5.32 Å². The zero-order valence-corrected chi connectivity index (χ0v) is 15.9. The van der Waals surface area contributed by atoms with Gasteiger partial charge in [0.15, 0.2) is 0 Å². The molecule has 0 saturated carbocycles. The number of hydrogen-bond acceptors (Lipinski definition) is 2. The van der Waals surface area contributed by atoms with Crippen molar-refractivity contribution in [3.05, 3.63) is 65.2 Å². The molecule has 4 heteroatoms. The Morgan fingerprint density at radius 3 is 2.25 bits per heavy atom. The maximum atomic E-state index is 12.6. The summed E-state index contributed by atoms with van der Waals surface area (Å²) < 4.78 is 0. The highest BCUT2D eigenvalue weighted by Crippen LogP contribution is 2.26. The topological polar surface area (TPSA) is 29.1 Å². The minimum absolute atomic E-state index is 0.0481. The summed E-state index contributed by atoms with van der Waals surface area (Å²) in [5.74, 6) is 0.569. The number of nitrogens with one attached hydrogen (secondary N) is 1. The Bertz CT molecular complexity index is 642. The van der Waals surface area contributed by atoms with Gasteiger partial charge in [-0.1, -0.05) is 55.8 Å². The third-order valence-electron chi connectivity index (χ3n) is 3.72. The van der Waals surface area contributed by atoms with Crippen LogP contribution in [0.15, 0.2) is 59.5 Å². The molecule has 2 aromatic rings. The zero-order valence-electron chi connectivity index (χ0n) is 14.3. The molecule has 2 nitrogen and oxygen atoms in total. The molecule has 0 aliphatic carbocycles. The van der Waals surface area contributed by atoms with E-state index in [4.69, 9.17) is 11.6 Å². The van der Waals surface area contributed by atoms with E-state index in [1.807, 2.05) is 49.4 Å². The van der Waals surface area contributed by atoms with Crippen LogP contribution in [0.4, 0.5) is 0 Å². The predicted octanol–water partition coefficient (Wildman–Crippen LogP) is 5.72. The molecular formula is C20H24ClNOS. The largest absolute Gasteiger partial charge is 0.348 e. The summed E-state index contributed by atoms with van der Waals surface area (Å²) in [5, 5.41) is 3.75. The Hall–Kier alpha value is -1.45. The van der Waals surface area contributed by atoms with Crippen LogP contribution in [0, 0.1) is 5.92 Å². The van der Waals surface area contributed by atoms with Crippen LogP contribution in [0.2, 0.25) is 5.02 Å². The van der Waals surface area contributed by atoms with E-state index in [9.17, 15) is 4.79 Å². The van der Waals surface area contributed by atoms with Gasteiger partial charge in [-0.15, -0.1) is 11.8 Å². The van der Waals surface area contributed by atoms with Crippen molar-refractivity contribution >= 4 is 29.3 Å². The van der Waals surface area contributed by atoms with Gasteiger partial charge in [0.25, 0.3) is 0 Å². The van der Waals surface area contributed by atoms with Gasteiger partial charge in [0.05, 0.1) is 11.3 Å². The Kier molecular flexibility index (Phi) is 7.19. The van der Waals surface area contributed by atoms with Crippen molar-refractivity contribution in [2.75, 3.05) is 0 Å². The van der Waals surface area contributed by atoms with Crippen molar-refractivity contribution in [2.24, 2.45) is 5.92 Å². The first-order valence-corrected chi connectivity index (χ1v) is 9.49. The normalized spacial score (nSPS) is 13.5. The maximum absolute atomic E-state index is 12.6.